The summed E-state index contributed by atoms with van der Waals surface area (Å²) in [5.74, 6) is 1.13. The predicted octanol–water partition coefficient (Wildman–Crippen LogP) is 2.32. The van der Waals surface area contributed by atoms with Gasteiger partial charge < -0.3 is 25.4 Å². The van der Waals surface area contributed by atoms with Gasteiger partial charge in [-0.15, -0.1) is 0 Å². The first-order valence-electron chi connectivity index (χ1n) is 10.4. The van der Waals surface area contributed by atoms with Gasteiger partial charge in [-0.25, -0.2) is 0 Å². The highest BCUT2D eigenvalue weighted by atomic mass is 16.5. The second-order valence-electron chi connectivity index (χ2n) is 7.52. The molecule has 3 rings (SSSR count). The van der Waals surface area contributed by atoms with E-state index in [9.17, 15) is 10.4 Å². The van der Waals surface area contributed by atoms with E-state index in [0.717, 1.165) is 18.4 Å². The summed E-state index contributed by atoms with van der Waals surface area (Å²) in [4.78, 5) is 12.7. The highest BCUT2D eigenvalue weighted by Crippen LogP contribution is 2.33. The normalized spacial score (nSPS) is 13.9. The van der Waals surface area contributed by atoms with Crippen LogP contribution in [-0.2, 0) is 11.3 Å². The minimum atomic E-state index is -0.0577. The molecule has 3 N–H and O–H groups in total. The molecule has 0 aliphatic heterocycles. The first-order chi connectivity index (χ1) is 14.6. The highest BCUT2D eigenvalue weighted by Gasteiger charge is 2.25. The summed E-state index contributed by atoms with van der Waals surface area (Å²) in [7, 11) is 1.97. The van der Waals surface area contributed by atoms with Crippen LogP contribution in [0.15, 0.2) is 30.3 Å². The highest BCUT2D eigenvalue weighted by molar-refractivity contribution is 5.76. The number of nitriles is 1. The molecule has 0 saturated heterocycles. The van der Waals surface area contributed by atoms with Gasteiger partial charge in [0.15, 0.2) is 11.6 Å². The summed E-state index contributed by atoms with van der Waals surface area (Å²) in [5, 5.41) is 19.0. The summed E-state index contributed by atoms with van der Waals surface area (Å²) in [6, 6.07) is 12.4. The molecular weight excluding hydrogens is 380 g/mol. The van der Waals surface area contributed by atoms with Crippen LogP contribution in [0.4, 0.5) is 17.3 Å². The molecule has 2 aromatic rings. The van der Waals surface area contributed by atoms with E-state index in [1.807, 2.05) is 48.3 Å². The van der Waals surface area contributed by atoms with Crippen molar-refractivity contribution in [3.8, 4) is 6.07 Å². The average molecular weight is 411 g/mol. The molecule has 0 atom stereocenters. The Morgan fingerprint density at radius 2 is 1.87 bits per heavy atom. The number of anilines is 3. The lowest BCUT2D eigenvalue weighted by atomic mass is 10.2. The molecule has 160 valence electrons. The second-order valence-corrected chi connectivity index (χ2v) is 7.52. The third-order valence-electron chi connectivity index (χ3n) is 5.50. The summed E-state index contributed by atoms with van der Waals surface area (Å²) in [6.07, 6.45) is 4.55. The number of hydrogen-bond donors (Lipinski definition) is 2. The van der Waals surface area contributed by atoms with E-state index in [1.165, 1.54) is 12.8 Å². The fraction of sp³-hybridized carbons (Fsp3) is 0.500. The average Bonchev–Trinajstić information content (AvgIpc) is 3.31. The molecule has 1 aliphatic rings. The number of ether oxygens (including phenoxy) is 1. The molecule has 0 radical (unpaired) electrons. The number of aliphatic hydroxyl groups excluding tert-OH is 1. The molecule has 0 bridgehead atoms. The van der Waals surface area contributed by atoms with Gasteiger partial charge in [-0.3, -0.25) is 0 Å². The maximum absolute atomic E-state index is 9.56. The predicted molar refractivity (Wildman–Crippen MR) is 117 cm³/mol. The second kappa shape index (κ2) is 10.8. The topological polar surface area (TPSA) is 112 Å². The van der Waals surface area contributed by atoms with Gasteiger partial charge in [0.2, 0.25) is 5.82 Å². The number of hydrogen-bond acceptors (Lipinski definition) is 8. The largest absolute Gasteiger partial charge is 0.395 e. The van der Waals surface area contributed by atoms with Crippen molar-refractivity contribution in [1.82, 2.24) is 9.97 Å². The van der Waals surface area contributed by atoms with Gasteiger partial charge in [-0.1, -0.05) is 43.2 Å². The quantitative estimate of drug-likeness (QED) is 0.574. The third-order valence-corrected chi connectivity index (χ3v) is 5.50. The zero-order valence-electron chi connectivity index (χ0n) is 17.5. The molecule has 1 fully saturated rings. The van der Waals surface area contributed by atoms with Gasteiger partial charge in [-0.05, 0) is 18.4 Å². The SMILES string of the molecule is CN(c1nc(C#N)nc(N(CCO)CCOCc2ccccc2)c1N)C1CCCC1. The van der Waals surface area contributed by atoms with Gasteiger partial charge in [0.1, 0.15) is 11.8 Å². The van der Waals surface area contributed by atoms with Gasteiger partial charge in [0.25, 0.3) is 0 Å². The van der Waals surface area contributed by atoms with Gasteiger partial charge >= 0.3 is 0 Å². The standard InChI is InChI=1S/C22H30N6O2/c1-27(18-9-5-6-10-18)21-20(24)22(26-19(15-23)25-21)28(11-13-29)12-14-30-16-17-7-3-2-4-8-17/h2-4,7-8,18,29H,5-6,9-14,16,24H2,1H3. The van der Waals surface area contributed by atoms with E-state index in [-0.39, 0.29) is 12.4 Å². The maximum Gasteiger partial charge on any atom is 0.236 e. The fourth-order valence-electron chi connectivity index (χ4n) is 3.85. The van der Waals surface area contributed by atoms with Crippen molar-refractivity contribution in [3.05, 3.63) is 41.7 Å². The van der Waals surface area contributed by atoms with Crippen molar-refractivity contribution in [3.63, 3.8) is 0 Å². The van der Waals surface area contributed by atoms with E-state index in [1.54, 1.807) is 0 Å². The zero-order chi connectivity index (χ0) is 21.3. The van der Waals surface area contributed by atoms with Gasteiger partial charge in [-0.2, -0.15) is 15.2 Å². The van der Waals surface area contributed by atoms with Gasteiger partial charge in [0.05, 0.1) is 19.8 Å². The van der Waals surface area contributed by atoms with Crippen LogP contribution in [-0.4, -0.2) is 54.5 Å². The number of aromatic nitrogens is 2. The molecule has 30 heavy (non-hydrogen) atoms. The fourth-order valence-corrected chi connectivity index (χ4v) is 3.85. The molecule has 1 saturated carbocycles. The van der Waals surface area contributed by atoms with Crippen LogP contribution in [0, 0.1) is 11.3 Å². The Bertz CT molecular complexity index is 849. The van der Waals surface area contributed by atoms with E-state index in [4.69, 9.17) is 10.5 Å². The number of rotatable bonds is 10. The maximum atomic E-state index is 9.56. The molecule has 1 aromatic carbocycles. The molecule has 0 spiro atoms. The number of benzene rings is 1. The van der Waals surface area contributed by atoms with Crippen LogP contribution in [0.2, 0.25) is 0 Å². The van der Waals surface area contributed by atoms with E-state index < -0.39 is 0 Å². The number of nitrogens with zero attached hydrogens (tertiary/aromatic N) is 5. The lowest BCUT2D eigenvalue weighted by molar-refractivity contribution is 0.126. The lowest BCUT2D eigenvalue weighted by Gasteiger charge is -2.30. The Labute approximate surface area is 177 Å². The van der Waals surface area contributed by atoms with Crippen LogP contribution in [0.5, 0.6) is 0 Å². The van der Waals surface area contributed by atoms with E-state index >= 15 is 0 Å². The minimum Gasteiger partial charge on any atom is -0.395 e. The summed E-state index contributed by atoms with van der Waals surface area (Å²) < 4.78 is 5.79. The molecule has 1 heterocycles. The Morgan fingerprint density at radius 3 is 2.53 bits per heavy atom. The van der Waals surface area contributed by atoms with Crippen LogP contribution < -0.4 is 15.5 Å². The minimum absolute atomic E-state index is 0.0577. The summed E-state index contributed by atoms with van der Waals surface area (Å²) in [6.45, 7) is 1.72. The molecule has 1 aliphatic carbocycles. The molecule has 0 unspecified atom stereocenters. The van der Waals surface area contributed by atoms with Crippen molar-refractivity contribution in [1.29, 1.82) is 5.26 Å². The smallest absolute Gasteiger partial charge is 0.236 e. The molecular formula is C22H30N6O2. The molecule has 0 amide bonds. The number of nitrogen functional groups attached to an aromatic ring is 1. The van der Waals surface area contributed by atoms with Crippen molar-refractivity contribution in [2.24, 2.45) is 0 Å². The number of aliphatic hydroxyl groups is 1. The first kappa shape index (κ1) is 21.8. The molecule has 8 heteroatoms. The Morgan fingerprint density at radius 1 is 1.17 bits per heavy atom. The van der Waals surface area contributed by atoms with Crippen molar-refractivity contribution in [2.45, 2.75) is 38.3 Å². The van der Waals surface area contributed by atoms with E-state index in [2.05, 4.69) is 14.9 Å². The van der Waals surface area contributed by atoms with Crippen LogP contribution in [0.25, 0.3) is 0 Å². The monoisotopic (exact) mass is 410 g/mol. The van der Waals surface area contributed by atoms with Crippen molar-refractivity contribution in [2.75, 3.05) is 48.9 Å². The van der Waals surface area contributed by atoms with Crippen LogP contribution in [0.1, 0.15) is 37.1 Å². The summed E-state index contributed by atoms with van der Waals surface area (Å²) >= 11 is 0. The Balaban J connectivity index is 1.75. The zero-order valence-corrected chi connectivity index (χ0v) is 17.5. The van der Waals surface area contributed by atoms with Crippen LogP contribution >= 0.6 is 0 Å². The third kappa shape index (κ3) is 5.38. The lowest BCUT2D eigenvalue weighted by Crippen LogP contribution is -2.34. The van der Waals surface area contributed by atoms with Crippen molar-refractivity contribution < 1.29 is 9.84 Å². The Hall–Kier alpha value is -2.89. The number of nitrogens with two attached hydrogens (primary N) is 1. The van der Waals surface area contributed by atoms with Crippen LogP contribution in [0.3, 0.4) is 0 Å². The van der Waals surface area contributed by atoms with Crippen molar-refractivity contribution >= 4 is 17.3 Å². The summed E-state index contributed by atoms with van der Waals surface area (Å²) in [5.41, 5.74) is 7.99. The Kier molecular flexibility index (Phi) is 7.82. The van der Waals surface area contributed by atoms with Gasteiger partial charge in [0, 0.05) is 26.2 Å². The van der Waals surface area contributed by atoms with E-state index in [0.29, 0.717) is 49.7 Å². The first-order valence-corrected chi connectivity index (χ1v) is 10.4. The molecule has 8 nitrogen and oxygen atoms in total. The molecule has 1 aromatic heterocycles.